The van der Waals surface area contributed by atoms with Gasteiger partial charge in [-0.25, -0.2) is 0 Å². The van der Waals surface area contributed by atoms with Crippen LogP contribution in [0.5, 0.6) is 5.75 Å². The lowest BCUT2D eigenvalue weighted by Gasteiger charge is -2.34. The third-order valence-corrected chi connectivity index (χ3v) is 4.16. The number of halogens is 1. The lowest BCUT2D eigenvalue weighted by Crippen LogP contribution is -2.46. The minimum Gasteiger partial charge on any atom is -0.484 e. The van der Waals surface area contributed by atoms with Crippen molar-refractivity contribution >= 4 is 24.1 Å². The summed E-state index contributed by atoms with van der Waals surface area (Å²) in [7, 11) is 0. The number of carbonyl (C=O) groups excluding carboxylic acids is 2. The molecular formula is C17H25ClN2O3. The maximum Gasteiger partial charge on any atom is 0.260 e. The van der Waals surface area contributed by atoms with Gasteiger partial charge in [-0.15, -0.1) is 12.4 Å². The number of hydrogen-bond acceptors (Lipinski definition) is 4. The Kier molecular flexibility index (Phi) is 7.52. The van der Waals surface area contributed by atoms with Gasteiger partial charge < -0.3 is 15.4 Å². The Balaban J connectivity index is 0.00000264. The van der Waals surface area contributed by atoms with Gasteiger partial charge in [0.05, 0.1) is 0 Å². The van der Waals surface area contributed by atoms with Crippen LogP contribution >= 0.6 is 12.4 Å². The lowest BCUT2D eigenvalue weighted by molar-refractivity contribution is -0.135. The van der Waals surface area contributed by atoms with E-state index in [1.165, 1.54) is 6.92 Å². The van der Waals surface area contributed by atoms with Gasteiger partial charge in [-0.05, 0) is 44.7 Å². The van der Waals surface area contributed by atoms with Crippen LogP contribution in [0.25, 0.3) is 0 Å². The SMILES string of the molecule is CC(=O)c1cccc(OCC(=O)N2CCCC(C(C)N)C2)c1.Cl. The van der Waals surface area contributed by atoms with Gasteiger partial charge in [0.25, 0.3) is 5.91 Å². The van der Waals surface area contributed by atoms with E-state index in [0.717, 1.165) is 19.4 Å². The molecule has 0 aliphatic carbocycles. The fourth-order valence-corrected chi connectivity index (χ4v) is 2.71. The number of rotatable bonds is 5. The van der Waals surface area contributed by atoms with Crippen LogP contribution in [0.15, 0.2) is 24.3 Å². The average molecular weight is 341 g/mol. The van der Waals surface area contributed by atoms with E-state index in [-0.39, 0.29) is 36.7 Å². The molecule has 5 nitrogen and oxygen atoms in total. The van der Waals surface area contributed by atoms with Gasteiger partial charge >= 0.3 is 0 Å². The van der Waals surface area contributed by atoms with E-state index in [9.17, 15) is 9.59 Å². The van der Waals surface area contributed by atoms with Gasteiger partial charge in [-0.1, -0.05) is 12.1 Å². The molecule has 0 saturated carbocycles. The number of benzene rings is 1. The van der Waals surface area contributed by atoms with Crippen molar-refractivity contribution in [2.45, 2.75) is 32.7 Å². The molecule has 2 atom stereocenters. The number of amides is 1. The Labute approximate surface area is 143 Å². The van der Waals surface area contributed by atoms with Crippen molar-refractivity contribution in [2.24, 2.45) is 11.7 Å². The highest BCUT2D eigenvalue weighted by molar-refractivity contribution is 5.94. The van der Waals surface area contributed by atoms with Crippen molar-refractivity contribution in [2.75, 3.05) is 19.7 Å². The number of nitrogens with zero attached hydrogens (tertiary/aromatic N) is 1. The molecule has 23 heavy (non-hydrogen) atoms. The molecule has 1 aromatic carbocycles. The summed E-state index contributed by atoms with van der Waals surface area (Å²) in [6.45, 7) is 4.95. The zero-order valence-corrected chi connectivity index (χ0v) is 14.5. The zero-order valence-electron chi connectivity index (χ0n) is 13.7. The van der Waals surface area contributed by atoms with Crippen LogP contribution in [0.1, 0.15) is 37.0 Å². The quantitative estimate of drug-likeness (QED) is 0.834. The largest absolute Gasteiger partial charge is 0.484 e. The summed E-state index contributed by atoms with van der Waals surface area (Å²) in [6.07, 6.45) is 2.06. The van der Waals surface area contributed by atoms with Crippen LogP contribution in [0.4, 0.5) is 0 Å². The number of hydrogen-bond donors (Lipinski definition) is 1. The van der Waals surface area contributed by atoms with Crippen molar-refractivity contribution in [1.29, 1.82) is 0 Å². The summed E-state index contributed by atoms with van der Waals surface area (Å²) >= 11 is 0. The molecule has 128 valence electrons. The minimum atomic E-state index is -0.0291. The van der Waals surface area contributed by atoms with Gasteiger partial charge in [0.15, 0.2) is 12.4 Å². The van der Waals surface area contributed by atoms with Crippen molar-refractivity contribution in [3.8, 4) is 5.75 Å². The molecule has 0 aromatic heterocycles. The number of nitrogens with two attached hydrogens (primary N) is 1. The van der Waals surface area contributed by atoms with Crippen LogP contribution in [0.3, 0.4) is 0 Å². The van der Waals surface area contributed by atoms with Crippen molar-refractivity contribution in [3.05, 3.63) is 29.8 Å². The topological polar surface area (TPSA) is 72.6 Å². The van der Waals surface area contributed by atoms with Crippen LogP contribution in [-0.2, 0) is 4.79 Å². The molecule has 0 radical (unpaired) electrons. The molecule has 2 unspecified atom stereocenters. The second kappa shape index (κ2) is 8.89. The third-order valence-electron chi connectivity index (χ3n) is 4.16. The van der Waals surface area contributed by atoms with Crippen LogP contribution in [0.2, 0.25) is 0 Å². The monoisotopic (exact) mass is 340 g/mol. The summed E-state index contributed by atoms with van der Waals surface area (Å²) in [5.74, 6) is 0.853. The lowest BCUT2D eigenvalue weighted by atomic mass is 9.92. The zero-order chi connectivity index (χ0) is 16.1. The van der Waals surface area contributed by atoms with E-state index in [1.54, 1.807) is 24.3 Å². The fraction of sp³-hybridized carbons (Fsp3) is 0.529. The van der Waals surface area contributed by atoms with E-state index >= 15 is 0 Å². The summed E-state index contributed by atoms with van der Waals surface area (Å²) in [5, 5.41) is 0. The van der Waals surface area contributed by atoms with E-state index in [2.05, 4.69) is 0 Å². The first-order valence-corrected chi connectivity index (χ1v) is 7.74. The Morgan fingerprint density at radius 1 is 1.43 bits per heavy atom. The second-order valence-electron chi connectivity index (χ2n) is 5.97. The summed E-state index contributed by atoms with van der Waals surface area (Å²) < 4.78 is 5.53. The first kappa shape index (κ1) is 19.5. The van der Waals surface area contributed by atoms with Gasteiger partial charge in [-0.2, -0.15) is 0 Å². The molecule has 1 fully saturated rings. The number of piperidine rings is 1. The predicted octanol–water partition coefficient (Wildman–Crippen LogP) is 2.28. The van der Waals surface area contributed by atoms with Crippen molar-refractivity contribution in [3.63, 3.8) is 0 Å². The molecule has 2 rings (SSSR count). The molecule has 1 aromatic rings. The molecule has 0 bridgehead atoms. The highest BCUT2D eigenvalue weighted by Crippen LogP contribution is 2.19. The molecule has 0 spiro atoms. The maximum atomic E-state index is 12.3. The van der Waals surface area contributed by atoms with Gasteiger partial charge in [0.1, 0.15) is 5.75 Å². The maximum absolute atomic E-state index is 12.3. The molecule has 1 aliphatic rings. The van der Waals surface area contributed by atoms with Gasteiger partial charge in [-0.3, -0.25) is 9.59 Å². The minimum absolute atomic E-state index is 0. The van der Waals surface area contributed by atoms with Gasteiger partial charge in [0, 0.05) is 24.7 Å². The summed E-state index contributed by atoms with van der Waals surface area (Å²) in [4.78, 5) is 25.4. The number of likely N-dealkylation sites (tertiary alicyclic amines) is 1. The normalized spacial score (nSPS) is 18.7. The standard InChI is InChI=1S/C17H24N2O3.ClH/c1-12(18)15-6-4-8-19(10-15)17(21)11-22-16-7-3-5-14(9-16)13(2)20;/h3,5,7,9,12,15H,4,6,8,10-11,18H2,1-2H3;1H. The Morgan fingerprint density at radius 2 is 2.17 bits per heavy atom. The number of Topliss-reactive ketones (excluding diaryl/α,β-unsaturated/α-hetero) is 1. The molecule has 1 aliphatic heterocycles. The summed E-state index contributed by atoms with van der Waals surface area (Å²) in [5.41, 5.74) is 6.52. The first-order valence-electron chi connectivity index (χ1n) is 7.74. The third kappa shape index (κ3) is 5.52. The molecule has 6 heteroatoms. The Hall–Kier alpha value is -1.59. The molecular weight excluding hydrogens is 316 g/mol. The Bertz CT molecular complexity index is 548. The number of ketones is 1. The number of ether oxygens (including phenoxy) is 1. The van der Waals surface area contributed by atoms with E-state index in [4.69, 9.17) is 10.5 Å². The van der Waals surface area contributed by atoms with Crippen LogP contribution in [-0.4, -0.2) is 42.3 Å². The van der Waals surface area contributed by atoms with E-state index in [1.807, 2.05) is 11.8 Å². The van der Waals surface area contributed by atoms with Crippen LogP contribution < -0.4 is 10.5 Å². The molecule has 1 heterocycles. The summed E-state index contributed by atoms with van der Waals surface area (Å²) in [6, 6.07) is 7.00. The van der Waals surface area contributed by atoms with Crippen molar-refractivity contribution < 1.29 is 14.3 Å². The molecule has 2 N–H and O–H groups in total. The smallest absolute Gasteiger partial charge is 0.260 e. The average Bonchev–Trinajstić information content (AvgIpc) is 2.53. The van der Waals surface area contributed by atoms with E-state index in [0.29, 0.717) is 23.8 Å². The number of carbonyl (C=O) groups is 2. The highest BCUT2D eigenvalue weighted by Gasteiger charge is 2.25. The molecule has 1 amide bonds. The Morgan fingerprint density at radius 3 is 2.83 bits per heavy atom. The van der Waals surface area contributed by atoms with Crippen LogP contribution in [0, 0.1) is 5.92 Å². The fourth-order valence-electron chi connectivity index (χ4n) is 2.71. The molecule has 1 saturated heterocycles. The second-order valence-corrected chi connectivity index (χ2v) is 5.97. The van der Waals surface area contributed by atoms with Gasteiger partial charge in [0.2, 0.25) is 0 Å². The van der Waals surface area contributed by atoms with E-state index < -0.39 is 0 Å². The van der Waals surface area contributed by atoms with Crippen molar-refractivity contribution in [1.82, 2.24) is 4.90 Å². The predicted molar refractivity (Wildman–Crippen MR) is 92.1 cm³/mol. The highest BCUT2D eigenvalue weighted by atomic mass is 35.5. The first-order chi connectivity index (χ1) is 10.5.